The van der Waals surface area contributed by atoms with Crippen LogP contribution in [-0.4, -0.2) is 17.7 Å². The molecule has 1 unspecified atom stereocenters. The molecular weight excluding hydrogens is 310 g/mol. The van der Waals surface area contributed by atoms with Gasteiger partial charge in [0.25, 0.3) is 6.71 Å². The summed E-state index contributed by atoms with van der Waals surface area (Å²) in [6.07, 6.45) is 2.47. The molecule has 23 heavy (non-hydrogen) atoms. The van der Waals surface area contributed by atoms with Crippen LogP contribution in [0.5, 0.6) is 0 Å². The quantitative estimate of drug-likeness (QED) is 0.844. The lowest BCUT2D eigenvalue weighted by Gasteiger charge is -2.40. The fourth-order valence-corrected chi connectivity index (χ4v) is 4.08. The SMILES string of the molecule is CC1(C)CB(C#N)CCC1Nc1cc2nc(C#N)sc2cc1F. The minimum atomic E-state index is -0.330. The van der Waals surface area contributed by atoms with Crippen molar-refractivity contribution in [2.45, 2.75) is 39.0 Å². The van der Waals surface area contributed by atoms with Gasteiger partial charge in [-0.05, 0) is 24.0 Å². The van der Waals surface area contributed by atoms with Crippen molar-refractivity contribution in [3.63, 3.8) is 0 Å². The molecule has 1 saturated heterocycles. The normalized spacial score (nSPS) is 20.0. The van der Waals surface area contributed by atoms with E-state index < -0.39 is 0 Å². The van der Waals surface area contributed by atoms with E-state index in [1.54, 1.807) is 6.07 Å². The first kappa shape index (κ1) is 15.8. The number of rotatable bonds is 2. The largest absolute Gasteiger partial charge is 0.379 e. The summed E-state index contributed by atoms with van der Waals surface area (Å²) < 4.78 is 15.0. The number of nitrogens with zero attached hydrogens (tertiary/aromatic N) is 3. The molecule has 1 fully saturated rings. The van der Waals surface area contributed by atoms with Crippen LogP contribution < -0.4 is 5.32 Å². The first-order chi connectivity index (χ1) is 10.9. The van der Waals surface area contributed by atoms with Crippen LogP contribution >= 0.6 is 11.3 Å². The number of hydrogen-bond donors (Lipinski definition) is 1. The maximum absolute atomic E-state index is 14.4. The molecule has 0 saturated carbocycles. The summed E-state index contributed by atoms with van der Waals surface area (Å²) in [6, 6.07) is 5.21. The van der Waals surface area contributed by atoms with Gasteiger partial charge in [-0.15, -0.1) is 11.3 Å². The minimum Gasteiger partial charge on any atom is -0.379 e. The Morgan fingerprint density at radius 3 is 2.87 bits per heavy atom. The maximum Gasteiger partial charge on any atom is 0.268 e. The van der Waals surface area contributed by atoms with Crippen LogP contribution in [0.1, 0.15) is 25.3 Å². The van der Waals surface area contributed by atoms with Crippen molar-refractivity contribution in [2.24, 2.45) is 5.41 Å². The summed E-state index contributed by atoms with van der Waals surface area (Å²) in [4.78, 5) is 4.20. The van der Waals surface area contributed by atoms with Crippen LogP contribution in [0.2, 0.25) is 12.6 Å². The fourth-order valence-electron chi connectivity index (χ4n) is 3.31. The number of nitriles is 2. The molecule has 1 atom stereocenters. The Balaban J connectivity index is 1.88. The third-order valence-electron chi connectivity index (χ3n) is 4.60. The van der Waals surface area contributed by atoms with Crippen molar-refractivity contribution >= 4 is 34.0 Å². The van der Waals surface area contributed by atoms with Gasteiger partial charge < -0.3 is 5.32 Å². The number of halogens is 1. The van der Waals surface area contributed by atoms with Gasteiger partial charge in [-0.25, -0.2) is 14.6 Å². The zero-order chi connectivity index (χ0) is 16.6. The van der Waals surface area contributed by atoms with E-state index in [0.717, 1.165) is 19.1 Å². The van der Waals surface area contributed by atoms with Gasteiger partial charge in [0, 0.05) is 12.0 Å². The number of aromatic nitrogens is 1. The average Bonchev–Trinajstić information content (AvgIpc) is 2.90. The number of anilines is 1. The van der Waals surface area contributed by atoms with E-state index in [-0.39, 0.29) is 24.0 Å². The Bertz CT molecular complexity index is 833. The second-order valence-corrected chi connectivity index (χ2v) is 7.75. The highest BCUT2D eigenvalue weighted by Gasteiger charge is 2.39. The van der Waals surface area contributed by atoms with Crippen LogP contribution in [0.3, 0.4) is 0 Å². The molecule has 3 rings (SSSR count). The Morgan fingerprint density at radius 1 is 1.43 bits per heavy atom. The Morgan fingerprint density at radius 2 is 2.22 bits per heavy atom. The number of benzene rings is 1. The Hall–Kier alpha value is -2.12. The summed E-state index contributed by atoms with van der Waals surface area (Å²) in [5, 5.41) is 21.7. The molecule has 0 spiro atoms. The lowest BCUT2D eigenvalue weighted by molar-refractivity contribution is 0.316. The molecule has 0 radical (unpaired) electrons. The molecule has 1 aliphatic rings. The molecule has 2 aromatic rings. The van der Waals surface area contributed by atoms with Crippen molar-refractivity contribution in [3.05, 3.63) is 23.0 Å². The minimum absolute atomic E-state index is 0.0760. The van der Waals surface area contributed by atoms with Gasteiger partial charge >= 0.3 is 0 Å². The molecule has 0 amide bonds. The van der Waals surface area contributed by atoms with E-state index in [4.69, 9.17) is 10.5 Å². The van der Waals surface area contributed by atoms with E-state index in [9.17, 15) is 4.39 Å². The van der Waals surface area contributed by atoms with E-state index >= 15 is 0 Å². The van der Waals surface area contributed by atoms with Crippen molar-refractivity contribution in [1.82, 2.24) is 4.98 Å². The fraction of sp³-hybridized carbons (Fsp3) is 0.438. The highest BCUT2D eigenvalue weighted by molar-refractivity contribution is 7.19. The lowest BCUT2D eigenvalue weighted by Crippen LogP contribution is -2.43. The summed E-state index contributed by atoms with van der Waals surface area (Å²) in [5.74, 6) is 2.02. The van der Waals surface area contributed by atoms with Gasteiger partial charge in [0.2, 0.25) is 0 Å². The molecule has 7 heteroatoms. The zero-order valence-corrected chi connectivity index (χ0v) is 13.9. The third kappa shape index (κ3) is 3.02. The van der Waals surface area contributed by atoms with Crippen molar-refractivity contribution < 1.29 is 4.39 Å². The third-order valence-corrected chi connectivity index (χ3v) is 5.53. The van der Waals surface area contributed by atoms with Gasteiger partial charge in [0.05, 0.1) is 15.9 Å². The molecule has 1 aromatic carbocycles. The van der Waals surface area contributed by atoms with Crippen LogP contribution in [0, 0.1) is 33.8 Å². The highest BCUT2D eigenvalue weighted by atomic mass is 32.1. The second kappa shape index (κ2) is 5.83. The van der Waals surface area contributed by atoms with Gasteiger partial charge in [0.15, 0.2) is 5.01 Å². The zero-order valence-electron chi connectivity index (χ0n) is 13.1. The predicted molar refractivity (Wildman–Crippen MR) is 91.1 cm³/mol. The van der Waals surface area contributed by atoms with Crippen LogP contribution in [0.15, 0.2) is 12.1 Å². The van der Waals surface area contributed by atoms with Crippen LogP contribution in [0.4, 0.5) is 10.1 Å². The number of nitrogens with one attached hydrogen (secondary N) is 1. The number of fused-ring (bicyclic) bond motifs is 1. The van der Waals surface area contributed by atoms with E-state index in [2.05, 4.69) is 30.1 Å². The smallest absolute Gasteiger partial charge is 0.268 e. The maximum atomic E-state index is 14.4. The molecule has 0 aliphatic carbocycles. The molecule has 4 nitrogen and oxygen atoms in total. The molecule has 1 aromatic heterocycles. The van der Waals surface area contributed by atoms with Crippen LogP contribution in [-0.2, 0) is 0 Å². The van der Waals surface area contributed by atoms with Gasteiger partial charge in [-0.2, -0.15) is 5.26 Å². The van der Waals surface area contributed by atoms with Crippen LogP contribution in [0.25, 0.3) is 10.2 Å². The average molecular weight is 326 g/mol. The number of hydrogen-bond acceptors (Lipinski definition) is 5. The van der Waals surface area contributed by atoms with E-state index in [1.807, 2.05) is 6.07 Å². The molecular formula is C16H16BFN4S. The predicted octanol–water partition coefficient (Wildman–Crippen LogP) is 4.08. The van der Waals surface area contributed by atoms with Crippen molar-refractivity contribution in [3.8, 4) is 12.0 Å². The monoisotopic (exact) mass is 326 g/mol. The topological polar surface area (TPSA) is 72.5 Å². The first-order valence-electron chi connectivity index (χ1n) is 7.59. The summed E-state index contributed by atoms with van der Waals surface area (Å²) >= 11 is 1.19. The molecule has 0 bridgehead atoms. The molecule has 116 valence electrons. The lowest BCUT2D eigenvalue weighted by atomic mass is 9.37. The molecule has 1 N–H and O–H groups in total. The van der Waals surface area contributed by atoms with E-state index in [1.165, 1.54) is 17.4 Å². The van der Waals surface area contributed by atoms with Gasteiger partial charge in [0.1, 0.15) is 11.9 Å². The van der Waals surface area contributed by atoms with E-state index in [0.29, 0.717) is 20.9 Å². The second-order valence-electron chi connectivity index (χ2n) is 6.72. The standard InChI is InChI=1S/C16H16BFN4S/c1-16(2)8-17(9-20)4-3-14(16)21-11-6-12-13(5-10(11)18)23-15(7-19)22-12/h5-6,14,21H,3-4,8H2,1-2H3. The highest BCUT2D eigenvalue weighted by Crippen LogP contribution is 2.39. The molecule has 2 heterocycles. The molecule has 1 aliphatic heterocycles. The van der Waals surface area contributed by atoms with Crippen molar-refractivity contribution in [2.75, 3.05) is 5.32 Å². The van der Waals surface area contributed by atoms with Crippen molar-refractivity contribution in [1.29, 1.82) is 10.5 Å². The Labute approximate surface area is 139 Å². The first-order valence-corrected chi connectivity index (χ1v) is 8.41. The summed E-state index contributed by atoms with van der Waals surface area (Å²) in [7, 11) is 0. The Kier molecular flexibility index (Phi) is 4.00. The van der Waals surface area contributed by atoms with Gasteiger partial charge in [-0.3, -0.25) is 0 Å². The summed E-state index contributed by atoms with van der Waals surface area (Å²) in [5.41, 5.74) is 0.972. The number of thiazole rings is 1. The van der Waals surface area contributed by atoms with Gasteiger partial charge in [-0.1, -0.05) is 26.5 Å². The summed E-state index contributed by atoms with van der Waals surface area (Å²) in [6.45, 7) is 4.30.